The van der Waals surface area contributed by atoms with E-state index in [9.17, 15) is 4.79 Å². The number of carbonyl (C=O) groups is 1. The number of aromatic nitrogens is 3. The Morgan fingerprint density at radius 2 is 2.20 bits per heavy atom. The number of nitrogens with zero attached hydrogens (tertiary/aromatic N) is 2. The van der Waals surface area contributed by atoms with Crippen LogP contribution in [0.2, 0.25) is 5.15 Å². The van der Waals surface area contributed by atoms with Gasteiger partial charge in [-0.1, -0.05) is 18.5 Å². The zero-order chi connectivity index (χ0) is 14.3. The molecule has 2 heterocycles. The molecule has 0 atom stereocenters. The van der Waals surface area contributed by atoms with Gasteiger partial charge >= 0.3 is 5.97 Å². The van der Waals surface area contributed by atoms with E-state index >= 15 is 0 Å². The van der Waals surface area contributed by atoms with Gasteiger partial charge in [-0.3, -0.25) is 0 Å². The molecule has 0 saturated heterocycles. The van der Waals surface area contributed by atoms with Crippen molar-refractivity contribution in [2.24, 2.45) is 0 Å². The minimum absolute atomic E-state index is 0.386. The first-order valence-corrected chi connectivity index (χ1v) is 6.58. The smallest absolute Gasteiger partial charge is 0.337 e. The lowest BCUT2D eigenvalue weighted by molar-refractivity contribution is 0.0601. The summed E-state index contributed by atoms with van der Waals surface area (Å²) in [7, 11) is 1.35. The molecule has 6 heteroatoms. The second-order valence-corrected chi connectivity index (χ2v) is 4.74. The van der Waals surface area contributed by atoms with Crippen molar-refractivity contribution in [2.45, 2.75) is 13.3 Å². The number of hydrogen-bond donors (Lipinski definition) is 1. The molecule has 3 rings (SSSR count). The van der Waals surface area contributed by atoms with Gasteiger partial charge in [0.25, 0.3) is 0 Å². The monoisotopic (exact) mass is 289 g/mol. The molecule has 1 N–H and O–H groups in total. The summed E-state index contributed by atoms with van der Waals surface area (Å²) in [6.45, 7) is 1.97. The first kappa shape index (κ1) is 12.9. The third-order valence-corrected chi connectivity index (χ3v) is 3.46. The molecule has 0 fully saturated rings. The van der Waals surface area contributed by atoms with Crippen LogP contribution in [0.5, 0.6) is 0 Å². The average Bonchev–Trinajstić information content (AvgIpc) is 2.83. The van der Waals surface area contributed by atoms with Crippen LogP contribution in [0.25, 0.3) is 21.9 Å². The molecule has 102 valence electrons. The summed E-state index contributed by atoms with van der Waals surface area (Å²) in [6.07, 6.45) is 0.707. The molecule has 0 bridgehead atoms. The number of aryl methyl sites for hydroxylation is 1. The minimum atomic E-state index is -0.386. The number of carbonyl (C=O) groups excluding carboxylic acids is 1. The number of halogens is 1. The number of benzene rings is 1. The van der Waals surface area contributed by atoms with Crippen LogP contribution in [0.1, 0.15) is 23.1 Å². The lowest BCUT2D eigenvalue weighted by atomic mass is 10.1. The molecule has 0 saturated carbocycles. The number of methoxy groups -OCH3 is 1. The van der Waals surface area contributed by atoms with Crippen molar-refractivity contribution in [3.63, 3.8) is 0 Å². The Morgan fingerprint density at radius 3 is 2.90 bits per heavy atom. The SMILES string of the molecule is CCc1nc(Cl)c2c(n1)[nH]c1ccc(C(=O)OC)cc12. The lowest BCUT2D eigenvalue weighted by Gasteiger charge is -2.00. The Labute approximate surface area is 119 Å². The molecule has 0 aliphatic carbocycles. The van der Waals surface area contributed by atoms with E-state index < -0.39 is 0 Å². The van der Waals surface area contributed by atoms with E-state index in [0.29, 0.717) is 28.6 Å². The second-order valence-electron chi connectivity index (χ2n) is 4.38. The molecular formula is C14H12ClN3O2. The summed E-state index contributed by atoms with van der Waals surface area (Å²) in [4.78, 5) is 23.5. The van der Waals surface area contributed by atoms with Crippen molar-refractivity contribution in [2.75, 3.05) is 7.11 Å². The van der Waals surface area contributed by atoms with Crippen LogP contribution < -0.4 is 0 Å². The summed E-state index contributed by atoms with van der Waals surface area (Å²) in [5.74, 6) is 0.297. The standard InChI is InChI=1S/C14H12ClN3O2/c1-3-10-17-12(15)11-8-6-7(14(19)20-2)4-5-9(8)16-13(11)18-10/h4-6H,3H2,1-2H3,(H,16,17,18). The van der Waals surface area contributed by atoms with Gasteiger partial charge in [-0.15, -0.1) is 0 Å². The van der Waals surface area contributed by atoms with Gasteiger partial charge in [-0.25, -0.2) is 14.8 Å². The molecule has 0 spiro atoms. The van der Waals surface area contributed by atoms with Crippen molar-refractivity contribution < 1.29 is 9.53 Å². The highest BCUT2D eigenvalue weighted by atomic mass is 35.5. The van der Waals surface area contributed by atoms with Crippen molar-refractivity contribution in [1.29, 1.82) is 0 Å². The number of hydrogen-bond acceptors (Lipinski definition) is 4. The number of H-pyrrole nitrogens is 1. The van der Waals surface area contributed by atoms with Gasteiger partial charge in [0, 0.05) is 17.3 Å². The fraction of sp³-hybridized carbons (Fsp3) is 0.214. The van der Waals surface area contributed by atoms with E-state index in [4.69, 9.17) is 16.3 Å². The van der Waals surface area contributed by atoms with Crippen LogP contribution in [0.15, 0.2) is 18.2 Å². The van der Waals surface area contributed by atoms with Crippen molar-refractivity contribution >= 4 is 39.5 Å². The highest BCUT2D eigenvalue weighted by molar-refractivity contribution is 6.36. The molecule has 0 radical (unpaired) electrons. The Kier molecular flexibility index (Phi) is 3.06. The second kappa shape index (κ2) is 4.76. The first-order valence-electron chi connectivity index (χ1n) is 6.20. The molecule has 0 aliphatic heterocycles. The highest BCUT2D eigenvalue weighted by Crippen LogP contribution is 2.30. The van der Waals surface area contributed by atoms with Crippen molar-refractivity contribution in [1.82, 2.24) is 15.0 Å². The summed E-state index contributed by atoms with van der Waals surface area (Å²) >= 11 is 6.24. The Bertz CT molecular complexity index is 826. The molecule has 0 aliphatic rings. The minimum Gasteiger partial charge on any atom is -0.465 e. The number of aromatic amines is 1. The third-order valence-electron chi connectivity index (χ3n) is 3.19. The summed E-state index contributed by atoms with van der Waals surface area (Å²) in [5, 5.41) is 1.93. The number of rotatable bonds is 2. The lowest BCUT2D eigenvalue weighted by Crippen LogP contribution is -2.00. The van der Waals surface area contributed by atoms with E-state index in [2.05, 4.69) is 15.0 Å². The van der Waals surface area contributed by atoms with Crippen LogP contribution in [0.3, 0.4) is 0 Å². The molecule has 2 aromatic heterocycles. The summed E-state index contributed by atoms with van der Waals surface area (Å²) in [6, 6.07) is 5.25. The molecule has 20 heavy (non-hydrogen) atoms. The van der Waals surface area contributed by atoms with Crippen LogP contribution >= 0.6 is 11.6 Å². The molecule has 5 nitrogen and oxygen atoms in total. The van der Waals surface area contributed by atoms with Crippen molar-refractivity contribution in [3.05, 3.63) is 34.7 Å². The van der Waals surface area contributed by atoms with Crippen molar-refractivity contribution in [3.8, 4) is 0 Å². The van der Waals surface area contributed by atoms with Gasteiger partial charge in [-0.05, 0) is 18.2 Å². The summed E-state index contributed by atoms with van der Waals surface area (Å²) in [5.41, 5.74) is 2.01. The largest absolute Gasteiger partial charge is 0.465 e. The maximum Gasteiger partial charge on any atom is 0.337 e. The van der Waals surface area contributed by atoms with Gasteiger partial charge in [-0.2, -0.15) is 0 Å². The van der Waals surface area contributed by atoms with Gasteiger partial charge in [0.2, 0.25) is 0 Å². The summed E-state index contributed by atoms with van der Waals surface area (Å²) < 4.78 is 4.73. The highest BCUT2D eigenvalue weighted by Gasteiger charge is 2.14. The fourth-order valence-corrected chi connectivity index (χ4v) is 2.49. The zero-order valence-electron chi connectivity index (χ0n) is 11.0. The van der Waals surface area contributed by atoms with E-state index in [1.807, 2.05) is 13.0 Å². The predicted octanol–water partition coefficient (Wildman–Crippen LogP) is 3.11. The maximum absolute atomic E-state index is 11.6. The topological polar surface area (TPSA) is 67.9 Å². The molecule has 1 aromatic carbocycles. The zero-order valence-corrected chi connectivity index (χ0v) is 11.8. The Balaban J connectivity index is 2.33. The van der Waals surface area contributed by atoms with Gasteiger partial charge < -0.3 is 9.72 Å². The van der Waals surface area contributed by atoms with Gasteiger partial charge in [0.05, 0.1) is 18.1 Å². The molecule has 0 amide bonds. The van der Waals surface area contributed by atoms with E-state index in [1.165, 1.54) is 7.11 Å². The number of nitrogens with one attached hydrogen (secondary N) is 1. The molecule has 0 unspecified atom stereocenters. The van der Waals surface area contributed by atoms with E-state index in [1.54, 1.807) is 12.1 Å². The van der Waals surface area contributed by atoms with E-state index in [-0.39, 0.29) is 5.97 Å². The molecular weight excluding hydrogens is 278 g/mol. The first-order chi connectivity index (χ1) is 9.63. The third kappa shape index (κ3) is 1.91. The quantitative estimate of drug-likeness (QED) is 0.581. The number of ether oxygens (including phenoxy) is 1. The Hall–Kier alpha value is -2.14. The van der Waals surface area contributed by atoms with Gasteiger partial charge in [0.15, 0.2) is 0 Å². The van der Waals surface area contributed by atoms with Crippen LogP contribution in [-0.2, 0) is 11.2 Å². The maximum atomic E-state index is 11.6. The van der Waals surface area contributed by atoms with Crippen LogP contribution in [0, 0.1) is 0 Å². The number of fused-ring (bicyclic) bond motifs is 3. The van der Waals surface area contributed by atoms with Gasteiger partial charge in [0.1, 0.15) is 16.6 Å². The fourth-order valence-electron chi connectivity index (χ4n) is 2.20. The number of esters is 1. The van der Waals surface area contributed by atoms with Crippen LogP contribution in [0.4, 0.5) is 0 Å². The van der Waals surface area contributed by atoms with Crippen LogP contribution in [-0.4, -0.2) is 28.0 Å². The molecule has 3 aromatic rings. The Morgan fingerprint density at radius 1 is 1.40 bits per heavy atom. The average molecular weight is 290 g/mol. The normalized spacial score (nSPS) is 11.2. The van der Waals surface area contributed by atoms with E-state index in [0.717, 1.165) is 16.3 Å². The predicted molar refractivity (Wildman–Crippen MR) is 77.1 cm³/mol.